The number of fused-ring (bicyclic) bond motifs is 6. The highest BCUT2D eigenvalue weighted by atomic mass is 35.5. The van der Waals surface area contributed by atoms with Gasteiger partial charge < -0.3 is 0 Å². The van der Waals surface area contributed by atoms with Crippen LogP contribution in [0.25, 0.3) is 5.69 Å². The fourth-order valence-electron chi connectivity index (χ4n) is 3.38. The number of hydrogen-bond acceptors (Lipinski definition) is 6. The Morgan fingerprint density at radius 2 is 1.92 bits per heavy atom. The fraction of sp³-hybridized carbons (Fsp3) is 0.294. The predicted octanol–water partition coefficient (Wildman–Crippen LogP) is 2.51. The van der Waals surface area contributed by atoms with E-state index in [0.29, 0.717) is 12.0 Å². The molecule has 0 spiro atoms. The number of imidazole rings is 1. The number of hydrazine groups is 1. The molecule has 0 aliphatic carbocycles. The van der Waals surface area contributed by atoms with Crippen molar-refractivity contribution in [1.82, 2.24) is 24.7 Å². The van der Waals surface area contributed by atoms with Gasteiger partial charge in [-0.1, -0.05) is 32.9 Å². The van der Waals surface area contributed by atoms with E-state index in [9.17, 15) is 0 Å². The molecule has 0 fully saturated rings. The van der Waals surface area contributed by atoms with Crippen LogP contribution in [-0.4, -0.2) is 37.2 Å². The molecule has 2 aliphatic heterocycles. The number of rotatable bonds is 1. The summed E-state index contributed by atoms with van der Waals surface area (Å²) in [5.74, 6) is 1.67. The lowest BCUT2D eigenvalue weighted by Gasteiger charge is -2.36. The number of amidine groups is 1. The van der Waals surface area contributed by atoms with Gasteiger partial charge >= 0.3 is 0 Å². The van der Waals surface area contributed by atoms with Crippen LogP contribution < -0.4 is 10.1 Å². The van der Waals surface area contributed by atoms with E-state index in [0.717, 1.165) is 28.6 Å². The van der Waals surface area contributed by atoms with Crippen LogP contribution >= 0.6 is 11.6 Å². The van der Waals surface area contributed by atoms with E-state index in [4.69, 9.17) is 16.6 Å². The normalized spacial score (nSPS) is 15.6. The highest BCUT2D eigenvalue weighted by Gasteiger charge is 2.39. The van der Waals surface area contributed by atoms with Crippen molar-refractivity contribution in [1.29, 1.82) is 0 Å². The topological polar surface area (TPSA) is 67.4 Å². The lowest BCUT2D eigenvalue weighted by atomic mass is 9.93. The minimum Gasteiger partial charge on any atom is -0.267 e. The van der Waals surface area contributed by atoms with E-state index in [2.05, 4.69) is 36.1 Å². The molecule has 0 amide bonds. The Kier molecular flexibility index (Phi) is 3.00. The maximum Gasteiger partial charge on any atom is 0.209 e. The van der Waals surface area contributed by atoms with Crippen molar-refractivity contribution < 1.29 is 0 Å². The van der Waals surface area contributed by atoms with Gasteiger partial charge in [-0.25, -0.2) is 9.98 Å². The molecule has 9 heteroatoms. The van der Waals surface area contributed by atoms with Gasteiger partial charge in [-0.15, -0.1) is 9.89 Å². The SMILES string of the molecule is CC(C)(C)c1cnnn1N1CN=C2c3ccccc3-n3c(cnc3Cl)N21. The number of halogens is 1. The van der Waals surface area contributed by atoms with E-state index < -0.39 is 0 Å². The van der Waals surface area contributed by atoms with Gasteiger partial charge in [0, 0.05) is 11.0 Å². The predicted molar refractivity (Wildman–Crippen MR) is 99.4 cm³/mol. The first-order chi connectivity index (χ1) is 12.5. The second kappa shape index (κ2) is 5.07. The van der Waals surface area contributed by atoms with Crippen LogP contribution in [-0.2, 0) is 5.41 Å². The van der Waals surface area contributed by atoms with Gasteiger partial charge in [0.15, 0.2) is 18.3 Å². The molecule has 2 aromatic heterocycles. The van der Waals surface area contributed by atoms with Crippen molar-refractivity contribution in [3.8, 4) is 5.69 Å². The second-order valence-electron chi connectivity index (χ2n) is 7.30. The minimum absolute atomic E-state index is 0.113. The summed E-state index contributed by atoms with van der Waals surface area (Å²) in [7, 11) is 0. The van der Waals surface area contributed by atoms with E-state index in [1.807, 2.05) is 39.0 Å². The van der Waals surface area contributed by atoms with Crippen molar-refractivity contribution in [2.24, 2.45) is 4.99 Å². The third kappa shape index (κ3) is 1.96. The van der Waals surface area contributed by atoms with Crippen molar-refractivity contribution in [3.63, 3.8) is 0 Å². The molecule has 3 aromatic rings. The summed E-state index contributed by atoms with van der Waals surface area (Å²) in [5, 5.41) is 12.8. The Hall–Kier alpha value is -2.87. The number of nitrogens with zero attached hydrogens (tertiary/aromatic N) is 8. The zero-order valence-corrected chi connectivity index (χ0v) is 15.4. The Morgan fingerprint density at radius 1 is 1.12 bits per heavy atom. The number of para-hydroxylation sites is 1. The molecule has 26 heavy (non-hydrogen) atoms. The van der Waals surface area contributed by atoms with Gasteiger partial charge in [-0.05, 0) is 28.9 Å². The van der Waals surface area contributed by atoms with Gasteiger partial charge in [0.05, 0.1) is 23.8 Å². The fourth-order valence-corrected chi connectivity index (χ4v) is 3.61. The number of hydrogen-bond donors (Lipinski definition) is 0. The Morgan fingerprint density at radius 3 is 2.73 bits per heavy atom. The minimum atomic E-state index is -0.113. The van der Waals surface area contributed by atoms with Crippen LogP contribution in [0, 0.1) is 0 Å². The molecule has 0 bridgehead atoms. The summed E-state index contributed by atoms with van der Waals surface area (Å²) in [6.45, 7) is 6.82. The number of anilines is 1. The van der Waals surface area contributed by atoms with E-state index in [1.54, 1.807) is 17.2 Å². The summed E-state index contributed by atoms with van der Waals surface area (Å²) in [5.41, 5.74) is 2.85. The smallest absolute Gasteiger partial charge is 0.209 e. The maximum atomic E-state index is 6.38. The van der Waals surface area contributed by atoms with Gasteiger partial charge in [0.2, 0.25) is 5.28 Å². The molecule has 8 nitrogen and oxygen atoms in total. The average molecular weight is 369 g/mol. The molecule has 132 valence electrons. The van der Waals surface area contributed by atoms with Gasteiger partial charge in [0.1, 0.15) is 0 Å². The molecule has 0 saturated heterocycles. The van der Waals surface area contributed by atoms with Crippen LogP contribution in [0.2, 0.25) is 5.28 Å². The molecule has 0 saturated carbocycles. The molecule has 0 atom stereocenters. The molecular weight excluding hydrogens is 352 g/mol. The molecule has 0 N–H and O–H groups in total. The highest BCUT2D eigenvalue weighted by molar-refractivity contribution is 6.29. The summed E-state index contributed by atoms with van der Waals surface area (Å²) in [6.07, 6.45) is 3.54. The Bertz CT molecular complexity index is 1040. The first-order valence-electron chi connectivity index (χ1n) is 8.33. The second-order valence-corrected chi connectivity index (χ2v) is 7.64. The first-order valence-corrected chi connectivity index (χ1v) is 8.71. The lowest BCUT2D eigenvalue weighted by Crippen LogP contribution is -2.52. The highest BCUT2D eigenvalue weighted by Crippen LogP contribution is 2.36. The zero-order chi connectivity index (χ0) is 18.1. The average Bonchev–Trinajstić information content (AvgIpc) is 3.31. The largest absolute Gasteiger partial charge is 0.267 e. The summed E-state index contributed by atoms with van der Waals surface area (Å²) >= 11 is 6.38. The molecule has 5 rings (SSSR count). The summed E-state index contributed by atoms with van der Waals surface area (Å²) in [4.78, 5) is 10.9. The van der Waals surface area contributed by atoms with Crippen molar-refractivity contribution >= 4 is 23.3 Å². The third-order valence-corrected chi connectivity index (χ3v) is 4.87. The first kappa shape index (κ1) is 15.4. The van der Waals surface area contributed by atoms with E-state index in [-0.39, 0.29) is 5.41 Å². The van der Waals surface area contributed by atoms with Gasteiger partial charge in [-0.2, -0.15) is 10.1 Å². The molecule has 0 unspecified atom stereocenters. The molecule has 4 heterocycles. The monoisotopic (exact) mass is 368 g/mol. The van der Waals surface area contributed by atoms with Crippen molar-refractivity contribution in [2.75, 3.05) is 16.8 Å². The van der Waals surface area contributed by atoms with Crippen LogP contribution in [0.4, 0.5) is 5.82 Å². The third-order valence-electron chi connectivity index (χ3n) is 4.60. The number of benzene rings is 1. The standard InChI is InChI=1S/C17H17ClN8/c1-17(2,3)13-8-21-22-26(13)23-10-20-15-11-6-4-5-7-12(11)24-14(25(15)23)9-19-16(24)18/h4-9H,10H2,1-3H3. The van der Waals surface area contributed by atoms with Crippen LogP contribution in [0.1, 0.15) is 32.0 Å². The van der Waals surface area contributed by atoms with Crippen LogP contribution in [0.3, 0.4) is 0 Å². The summed E-state index contributed by atoms with van der Waals surface area (Å²) in [6, 6.07) is 8.03. The number of aromatic nitrogens is 5. The van der Waals surface area contributed by atoms with Crippen molar-refractivity contribution in [3.05, 3.63) is 53.2 Å². The maximum absolute atomic E-state index is 6.38. The molecule has 2 aliphatic rings. The van der Waals surface area contributed by atoms with Gasteiger partial charge in [-0.3, -0.25) is 4.57 Å². The molecular formula is C17H17ClN8. The quantitative estimate of drug-likeness (QED) is 0.660. The lowest BCUT2D eigenvalue weighted by molar-refractivity contribution is 0.461. The molecule has 1 aromatic carbocycles. The Labute approximate surface area is 155 Å². The van der Waals surface area contributed by atoms with E-state index >= 15 is 0 Å². The van der Waals surface area contributed by atoms with E-state index in [1.165, 1.54) is 0 Å². The van der Waals surface area contributed by atoms with Crippen molar-refractivity contribution in [2.45, 2.75) is 26.2 Å². The zero-order valence-electron chi connectivity index (χ0n) is 14.6. The Balaban J connectivity index is 1.70. The number of aliphatic imine (C=N–C) groups is 1. The van der Waals surface area contributed by atoms with Gasteiger partial charge in [0.25, 0.3) is 0 Å². The molecule has 0 radical (unpaired) electrons. The van der Waals surface area contributed by atoms with Crippen LogP contribution in [0.5, 0.6) is 0 Å². The van der Waals surface area contributed by atoms with Crippen LogP contribution in [0.15, 0.2) is 41.7 Å². The summed E-state index contributed by atoms with van der Waals surface area (Å²) < 4.78 is 1.92.